The van der Waals surface area contributed by atoms with Crippen molar-refractivity contribution in [3.8, 4) is 27.6 Å². The van der Waals surface area contributed by atoms with E-state index in [0.717, 1.165) is 0 Å². The maximum atomic E-state index is 13.6. The summed E-state index contributed by atoms with van der Waals surface area (Å²) in [5.74, 6) is -0.403. The first-order valence-corrected chi connectivity index (χ1v) is 7.58. The van der Waals surface area contributed by atoms with Crippen molar-refractivity contribution in [1.82, 2.24) is 4.98 Å². The average Bonchev–Trinajstić information content (AvgIpc) is 2.92. The number of aromatic nitrogens is 1. The molecule has 0 radical (unpaired) electrons. The lowest BCUT2D eigenvalue weighted by molar-refractivity contribution is 0.477. The van der Waals surface area contributed by atoms with Gasteiger partial charge in [0.25, 0.3) is 0 Å². The van der Waals surface area contributed by atoms with Crippen molar-refractivity contribution < 1.29 is 9.50 Å². The summed E-state index contributed by atoms with van der Waals surface area (Å²) in [6, 6.07) is 9.51. The molecule has 1 aromatic heterocycles. The monoisotopic (exact) mass is 339 g/mol. The summed E-state index contributed by atoms with van der Waals surface area (Å²) in [5, 5.41) is 12.5. The van der Waals surface area contributed by atoms with E-state index in [0.29, 0.717) is 26.9 Å². The molecule has 3 rings (SSSR count). The molecule has 0 aliphatic carbocycles. The zero-order valence-corrected chi connectivity index (χ0v) is 12.8. The number of thiazole rings is 1. The van der Waals surface area contributed by atoms with Crippen LogP contribution in [0.25, 0.3) is 21.8 Å². The van der Waals surface area contributed by atoms with Gasteiger partial charge in [-0.05, 0) is 24.3 Å². The fourth-order valence-electron chi connectivity index (χ4n) is 1.89. The van der Waals surface area contributed by atoms with Crippen molar-refractivity contribution >= 4 is 34.5 Å². The number of aromatic hydroxyl groups is 1. The molecule has 2 nitrogen and oxygen atoms in total. The molecule has 0 spiro atoms. The standard InChI is InChI=1S/C15H8Cl2FNOS/c16-10-6-11(17)12(18)5-9(10)13-7-21-15(19-13)8-3-1-2-4-14(8)20/h1-7,20H. The fraction of sp³-hybridized carbons (Fsp3) is 0. The van der Waals surface area contributed by atoms with E-state index < -0.39 is 5.82 Å². The summed E-state index contributed by atoms with van der Waals surface area (Å²) in [5.41, 5.74) is 1.63. The first-order valence-electron chi connectivity index (χ1n) is 5.95. The number of nitrogens with zero attached hydrogens (tertiary/aromatic N) is 1. The van der Waals surface area contributed by atoms with Crippen molar-refractivity contribution in [2.24, 2.45) is 0 Å². The van der Waals surface area contributed by atoms with E-state index in [1.807, 2.05) is 6.07 Å². The van der Waals surface area contributed by atoms with E-state index in [-0.39, 0.29) is 10.8 Å². The Morgan fingerprint density at radius 3 is 2.57 bits per heavy atom. The van der Waals surface area contributed by atoms with Gasteiger partial charge < -0.3 is 5.11 Å². The third kappa shape index (κ3) is 2.75. The number of para-hydroxylation sites is 1. The average molecular weight is 340 g/mol. The molecule has 1 heterocycles. The Kier molecular flexibility index (Phi) is 3.85. The summed E-state index contributed by atoms with van der Waals surface area (Å²) in [6.45, 7) is 0. The number of halogens is 3. The Morgan fingerprint density at radius 1 is 1.05 bits per heavy atom. The van der Waals surface area contributed by atoms with Crippen molar-refractivity contribution in [1.29, 1.82) is 0 Å². The van der Waals surface area contributed by atoms with Crippen LogP contribution in [-0.4, -0.2) is 10.1 Å². The van der Waals surface area contributed by atoms with Crippen LogP contribution in [0.4, 0.5) is 4.39 Å². The largest absolute Gasteiger partial charge is 0.507 e. The maximum Gasteiger partial charge on any atom is 0.142 e. The molecule has 0 saturated heterocycles. The molecule has 0 aliphatic heterocycles. The molecule has 106 valence electrons. The van der Waals surface area contributed by atoms with E-state index in [4.69, 9.17) is 23.2 Å². The van der Waals surface area contributed by atoms with Gasteiger partial charge in [0.1, 0.15) is 16.6 Å². The number of phenols is 1. The Morgan fingerprint density at radius 2 is 1.81 bits per heavy atom. The molecule has 1 N–H and O–H groups in total. The SMILES string of the molecule is Oc1ccccc1-c1nc(-c2cc(F)c(Cl)cc2Cl)cs1. The van der Waals surface area contributed by atoms with Gasteiger partial charge in [-0.15, -0.1) is 11.3 Å². The molecule has 0 atom stereocenters. The summed E-state index contributed by atoms with van der Waals surface area (Å²) < 4.78 is 13.6. The maximum absolute atomic E-state index is 13.6. The van der Waals surface area contributed by atoms with Crippen LogP contribution in [0.3, 0.4) is 0 Å². The number of hydrogen-bond donors (Lipinski definition) is 1. The van der Waals surface area contributed by atoms with Gasteiger partial charge in [0.15, 0.2) is 0 Å². The van der Waals surface area contributed by atoms with Gasteiger partial charge in [-0.25, -0.2) is 9.37 Å². The molecular formula is C15H8Cl2FNOS. The van der Waals surface area contributed by atoms with Crippen LogP contribution in [0, 0.1) is 5.82 Å². The fourth-order valence-corrected chi connectivity index (χ4v) is 3.23. The second kappa shape index (κ2) is 5.64. The number of rotatable bonds is 2. The van der Waals surface area contributed by atoms with Gasteiger partial charge in [0.05, 0.1) is 21.3 Å². The van der Waals surface area contributed by atoms with Gasteiger partial charge in [-0.1, -0.05) is 35.3 Å². The van der Waals surface area contributed by atoms with E-state index in [9.17, 15) is 9.50 Å². The second-order valence-corrected chi connectivity index (χ2v) is 5.97. The lowest BCUT2D eigenvalue weighted by atomic mass is 10.1. The van der Waals surface area contributed by atoms with Crippen molar-refractivity contribution in [3.63, 3.8) is 0 Å². The van der Waals surface area contributed by atoms with Crippen LogP contribution >= 0.6 is 34.5 Å². The molecule has 0 unspecified atom stereocenters. The third-order valence-electron chi connectivity index (χ3n) is 2.92. The van der Waals surface area contributed by atoms with Crippen LogP contribution in [0.15, 0.2) is 41.8 Å². The first kappa shape index (κ1) is 14.3. The smallest absolute Gasteiger partial charge is 0.142 e. The minimum absolute atomic E-state index is 0.0279. The van der Waals surface area contributed by atoms with Gasteiger partial charge in [0, 0.05) is 10.9 Å². The normalized spacial score (nSPS) is 10.8. The zero-order chi connectivity index (χ0) is 15.0. The molecule has 0 amide bonds. The molecule has 0 bridgehead atoms. The Labute approximate surface area is 134 Å². The number of benzene rings is 2. The highest BCUT2D eigenvalue weighted by Gasteiger charge is 2.14. The number of phenolic OH excluding ortho intramolecular Hbond substituents is 1. The van der Waals surface area contributed by atoms with E-state index in [2.05, 4.69) is 4.98 Å². The summed E-state index contributed by atoms with van der Waals surface area (Å²) in [6.07, 6.45) is 0. The molecule has 2 aromatic carbocycles. The predicted molar refractivity (Wildman–Crippen MR) is 84.6 cm³/mol. The Bertz CT molecular complexity index is 819. The molecule has 0 aliphatic rings. The van der Waals surface area contributed by atoms with Crippen molar-refractivity contribution in [2.75, 3.05) is 0 Å². The summed E-state index contributed by atoms with van der Waals surface area (Å²) in [7, 11) is 0. The van der Waals surface area contributed by atoms with Gasteiger partial charge >= 0.3 is 0 Å². The molecule has 3 aromatic rings. The summed E-state index contributed by atoms with van der Waals surface area (Å²) >= 11 is 13.1. The minimum atomic E-state index is -0.548. The van der Waals surface area contributed by atoms with Crippen LogP contribution in [0.2, 0.25) is 10.0 Å². The molecule has 6 heteroatoms. The highest BCUT2D eigenvalue weighted by atomic mass is 35.5. The zero-order valence-electron chi connectivity index (χ0n) is 10.5. The van der Waals surface area contributed by atoms with Gasteiger partial charge in [-0.2, -0.15) is 0 Å². The van der Waals surface area contributed by atoms with Crippen LogP contribution in [0.1, 0.15) is 0 Å². The Balaban J connectivity index is 2.07. The van der Waals surface area contributed by atoms with Gasteiger partial charge in [-0.3, -0.25) is 0 Å². The Hall–Kier alpha value is -1.62. The molecule has 0 fully saturated rings. The summed E-state index contributed by atoms with van der Waals surface area (Å²) in [4.78, 5) is 4.41. The highest BCUT2D eigenvalue weighted by Crippen LogP contribution is 2.37. The second-order valence-electron chi connectivity index (χ2n) is 4.30. The third-order valence-corrected chi connectivity index (χ3v) is 4.40. The van der Waals surface area contributed by atoms with Crippen LogP contribution in [-0.2, 0) is 0 Å². The minimum Gasteiger partial charge on any atom is -0.507 e. The molecular weight excluding hydrogens is 332 g/mol. The van der Waals surface area contributed by atoms with Crippen LogP contribution < -0.4 is 0 Å². The first-order chi connectivity index (χ1) is 10.1. The molecule has 0 saturated carbocycles. The number of hydrogen-bond acceptors (Lipinski definition) is 3. The predicted octanol–water partition coefficient (Wildman–Crippen LogP) is 5.63. The molecule has 21 heavy (non-hydrogen) atoms. The van der Waals surface area contributed by atoms with Crippen molar-refractivity contribution in [3.05, 3.63) is 57.6 Å². The van der Waals surface area contributed by atoms with Crippen molar-refractivity contribution in [2.45, 2.75) is 0 Å². The highest BCUT2D eigenvalue weighted by molar-refractivity contribution is 7.13. The van der Waals surface area contributed by atoms with E-state index in [1.54, 1.807) is 23.6 Å². The van der Waals surface area contributed by atoms with Crippen LogP contribution in [0.5, 0.6) is 5.75 Å². The quantitative estimate of drug-likeness (QED) is 0.614. The van der Waals surface area contributed by atoms with E-state index in [1.165, 1.54) is 23.5 Å². The van der Waals surface area contributed by atoms with Gasteiger partial charge in [0.2, 0.25) is 0 Å². The lowest BCUT2D eigenvalue weighted by Crippen LogP contribution is -1.85. The lowest BCUT2D eigenvalue weighted by Gasteiger charge is -2.03. The topological polar surface area (TPSA) is 33.1 Å². The van der Waals surface area contributed by atoms with E-state index >= 15 is 0 Å².